The van der Waals surface area contributed by atoms with E-state index in [9.17, 15) is 5.11 Å². The average molecular weight is 340 g/mol. The maximum absolute atomic E-state index is 10.0. The van der Waals surface area contributed by atoms with Crippen molar-refractivity contribution in [3.05, 3.63) is 50.6 Å². The highest BCUT2D eigenvalue weighted by molar-refractivity contribution is 9.10. The molecule has 2 rings (SSSR count). The molecule has 0 bridgehead atoms. The molecule has 0 aliphatic carbocycles. The highest BCUT2D eigenvalue weighted by Crippen LogP contribution is 2.31. The van der Waals surface area contributed by atoms with Gasteiger partial charge in [-0.15, -0.1) is 11.3 Å². The molecule has 2 nitrogen and oxygen atoms in total. The zero-order valence-electron chi connectivity index (χ0n) is 11.1. The molecule has 2 aromatic rings. The van der Waals surface area contributed by atoms with E-state index in [1.807, 2.05) is 12.1 Å². The van der Waals surface area contributed by atoms with E-state index in [1.165, 1.54) is 4.88 Å². The van der Waals surface area contributed by atoms with Gasteiger partial charge in [0.2, 0.25) is 0 Å². The number of rotatable bonds is 5. The number of halogens is 1. The molecule has 102 valence electrons. The van der Waals surface area contributed by atoms with Gasteiger partial charge in [0, 0.05) is 27.0 Å². The summed E-state index contributed by atoms with van der Waals surface area (Å²) in [5.74, 6) is 0.348. The quantitative estimate of drug-likeness (QED) is 0.801. The second kappa shape index (κ2) is 6.55. The molecular weight excluding hydrogens is 322 g/mol. The number of phenolic OH excluding ortho intramolecular Hbond substituents is 1. The molecule has 1 aromatic carbocycles. The van der Waals surface area contributed by atoms with Crippen LogP contribution in [0.3, 0.4) is 0 Å². The summed E-state index contributed by atoms with van der Waals surface area (Å²) in [4.78, 5) is 1.31. The second-order valence-electron chi connectivity index (χ2n) is 4.57. The Balaban J connectivity index is 2.18. The second-order valence-corrected chi connectivity index (χ2v) is 6.46. The minimum absolute atomic E-state index is 0.148. The lowest BCUT2D eigenvalue weighted by molar-refractivity contribution is 0.421. The Bertz CT molecular complexity index is 527. The molecule has 1 heterocycles. The monoisotopic (exact) mass is 339 g/mol. The summed E-state index contributed by atoms with van der Waals surface area (Å²) in [6, 6.07) is 10.2. The van der Waals surface area contributed by atoms with Gasteiger partial charge < -0.3 is 10.4 Å². The van der Waals surface area contributed by atoms with E-state index in [4.69, 9.17) is 0 Å². The van der Waals surface area contributed by atoms with Gasteiger partial charge in [0.05, 0.1) is 0 Å². The van der Waals surface area contributed by atoms with Crippen molar-refractivity contribution >= 4 is 27.3 Å². The van der Waals surface area contributed by atoms with E-state index in [1.54, 1.807) is 17.4 Å². The predicted molar refractivity (Wildman–Crippen MR) is 84.7 cm³/mol. The van der Waals surface area contributed by atoms with Crippen molar-refractivity contribution in [2.75, 3.05) is 0 Å². The largest absolute Gasteiger partial charge is 0.508 e. The summed E-state index contributed by atoms with van der Waals surface area (Å²) in [7, 11) is 0. The average Bonchev–Trinajstić information content (AvgIpc) is 2.93. The van der Waals surface area contributed by atoms with Crippen molar-refractivity contribution in [2.45, 2.75) is 32.4 Å². The Kier molecular flexibility index (Phi) is 5.02. The van der Waals surface area contributed by atoms with Crippen molar-refractivity contribution < 1.29 is 5.11 Å². The third kappa shape index (κ3) is 3.59. The predicted octanol–water partition coefficient (Wildman–Crippen LogP) is 5.02. The highest BCUT2D eigenvalue weighted by atomic mass is 79.9. The molecular formula is C15H18BrNOS. The maximum atomic E-state index is 10.0. The number of phenols is 1. The van der Waals surface area contributed by atoms with Gasteiger partial charge in [0.25, 0.3) is 0 Å². The Morgan fingerprint density at radius 1 is 1.37 bits per heavy atom. The van der Waals surface area contributed by atoms with Crippen molar-refractivity contribution in [3.8, 4) is 5.75 Å². The molecule has 0 radical (unpaired) electrons. The third-order valence-corrected chi connectivity index (χ3v) is 4.74. The van der Waals surface area contributed by atoms with Crippen LogP contribution in [0.2, 0.25) is 0 Å². The summed E-state index contributed by atoms with van der Waals surface area (Å²) in [5.41, 5.74) is 0.945. The van der Waals surface area contributed by atoms with Crippen molar-refractivity contribution in [3.63, 3.8) is 0 Å². The summed E-state index contributed by atoms with van der Waals surface area (Å²) >= 11 is 5.21. The first-order chi connectivity index (χ1) is 9.11. The van der Waals surface area contributed by atoms with Gasteiger partial charge in [-0.25, -0.2) is 0 Å². The van der Waals surface area contributed by atoms with E-state index in [0.29, 0.717) is 5.75 Å². The SMILES string of the molecule is CCC(N[C@H](C)c1cccs1)c1cc(Br)ccc1O. The lowest BCUT2D eigenvalue weighted by Crippen LogP contribution is -2.23. The van der Waals surface area contributed by atoms with Gasteiger partial charge in [-0.3, -0.25) is 0 Å². The van der Waals surface area contributed by atoms with E-state index in [-0.39, 0.29) is 12.1 Å². The zero-order valence-corrected chi connectivity index (χ0v) is 13.5. The molecule has 2 atom stereocenters. The van der Waals surface area contributed by atoms with Crippen LogP contribution in [0.1, 0.15) is 42.8 Å². The Hall–Kier alpha value is -0.840. The van der Waals surface area contributed by atoms with Crippen molar-refractivity contribution in [1.29, 1.82) is 0 Å². The van der Waals surface area contributed by atoms with E-state index in [0.717, 1.165) is 16.5 Å². The minimum atomic E-state index is 0.148. The van der Waals surface area contributed by atoms with Gasteiger partial charge in [0.1, 0.15) is 5.75 Å². The number of benzene rings is 1. The fraction of sp³-hybridized carbons (Fsp3) is 0.333. The van der Waals surface area contributed by atoms with Crippen LogP contribution in [0, 0.1) is 0 Å². The van der Waals surface area contributed by atoms with Crippen molar-refractivity contribution in [2.24, 2.45) is 0 Å². The lowest BCUT2D eigenvalue weighted by Gasteiger charge is -2.23. The molecule has 1 aromatic heterocycles. The molecule has 4 heteroatoms. The van der Waals surface area contributed by atoms with Crippen LogP contribution < -0.4 is 5.32 Å². The number of thiophene rings is 1. The number of nitrogens with one attached hydrogen (secondary N) is 1. The maximum Gasteiger partial charge on any atom is 0.120 e. The highest BCUT2D eigenvalue weighted by Gasteiger charge is 2.17. The van der Waals surface area contributed by atoms with Crippen LogP contribution in [0.5, 0.6) is 5.75 Å². The molecule has 0 spiro atoms. The molecule has 0 aliphatic rings. The van der Waals surface area contributed by atoms with Crippen LogP contribution >= 0.6 is 27.3 Å². The molecule has 0 fully saturated rings. The summed E-state index contributed by atoms with van der Waals surface area (Å²) < 4.78 is 0.990. The van der Waals surface area contributed by atoms with Gasteiger partial charge in [-0.2, -0.15) is 0 Å². The molecule has 0 aliphatic heterocycles. The normalized spacial score (nSPS) is 14.3. The van der Waals surface area contributed by atoms with E-state index >= 15 is 0 Å². The third-order valence-electron chi connectivity index (χ3n) is 3.19. The Labute approximate surface area is 126 Å². The molecule has 2 N–H and O–H groups in total. The lowest BCUT2D eigenvalue weighted by atomic mass is 10.0. The fourth-order valence-electron chi connectivity index (χ4n) is 2.15. The van der Waals surface area contributed by atoms with Gasteiger partial charge in [0.15, 0.2) is 0 Å². The molecule has 1 unspecified atom stereocenters. The van der Waals surface area contributed by atoms with Crippen LogP contribution in [0.25, 0.3) is 0 Å². The van der Waals surface area contributed by atoms with Gasteiger partial charge in [-0.05, 0) is 43.0 Å². The molecule has 0 saturated carbocycles. The smallest absolute Gasteiger partial charge is 0.120 e. The molecule has 0 saturated heterocycles. The summed E-state index contributed by atoms with van der Waals surface area (Å²) in [6.45, 7) is 4.28. The first-order valence-electron chi connectivity index (χ1n) is 6.39. The Morgan fingerprint density at radius 2 is 2.16 bits per heavy atom. The van der Waals surface area contributed by atoms with Crippen LogP contribution in [-0.2, 0) is 0 Å². The van der Waals surface area contributed by atoms with Gasteiger partial charge >= 0.3 is 0 Å². The minimum Gasteiger partial charge on any atom is -0.508 e. The van der Waals surface area contributed by atoms with Crippen molar-refractivity contribution in [1.82, 2.24) is 5.32 Å². The van der Waals surface area contributed by atoms with Gasteiger partial charge in [-0.1, -0.05) is 28.9 Å². The van der Waals surface area contributed by atoms with E-state index < -0.39 is 0 Å². The topological polar surface area (TPSA) is 32.3 Å². The summed E-state index contributed by atoms with van der Waals surface area (Å²) in [5, 5.41) is 15.7. The number of aromatic hydroxyl groups is 1. The fourth-order valence-corrected chi connectivity index (χ4v) is 3.28. The molecule has 0 amide bonds. The van der Waals surface area contributed by atoms with E-state index in [2.05, 4.69) is 52.6 Å². The number of hydrogen-bond donors (Lipinski definition) is 2. The van der Waals surface area contributed by atoms with Crippen LogP contribution in [0.4, 0.5) is 0 Å². The summed E-state index contributed by atoms with van der Waals surface area (Å²) in [6.07, 6.45) is 0.930. The number of hydrogen-bond acceptors (Lipinski definition) is 3. The molecule has 19 heavy (non-hydrogen) atoms. The van der Waals surface area contributed by atoms with Crippen LogP contribution in [-0.4, -0.2) is 5.11 Å². The zero-order chi connectivity index (χ0) is 13.8. The Morgan fingerprint density at radius 3 is 2.79 bits per heavy atom. The first-order valence-corrected chi connectivity index (χ1v) is 8.07. The first kappa shape index (κ1) is 14.6. The van der Waals surface area contributed by atoms with Crippen LogP contribution in [0.15, 0.2) is 40.2 Å². The standard InChI is InChI=1S/C15H18BrNOS/c1-3-13(12-9-11(16)6-7-14(12)18)17-10(2)15-5-4-8-19-15/h4-10,13,17-18H,3H2,1-2H3/t10-,13?/m1/s1.